The zero-order chi connectivity index (χ0) is 14.9. The van der Waals surface area contributed by atoms with E-state index < -0.39 is 0 Å². The zero-order valence-corrected chi connectivity index (χ0v) is 15.3. The molecule has 0 heterocycles. The molecule has 1 fully saturated rings. The van der Waals surface area contributed by atoms with Crippen LogP contribution in [0.15, 0.2) is 21.1 Å². The fraction of sp³-hybridized carbons (Fsp3) is 0.600. The van der Waals surface area contributed by atoms with Gasteiger partial charge in [0, 0.05) is 17.9 Å². The lowest BCUT2D eigenvalue weighted by molar-refractivity contribution is -0.0726. The van der Waals surface area contributed by atoms with Gasteiger partial charge in [-0.25, -0.2) is 0 Å². The third kappa shape index (κ3) is 2.60. The van der Waals surface area contributed by atoms with Crippen LogP contribution < -0.4 is 15.2 Å². The van der Waals surface area contributed by atoms with Crippen molar-refractivity contribution in [3.05, 3.63) is 21.1 Å². The molecule has 2 rings (SSSR count). The van der Waals surface area contributed by atoms with Crippen molar-refractivity contribution < 1.29 is 9.47 Å². The van der Waals surface area contributed by atoms with Crippen LogP contribution in [0, 0.1) is 5.41 Å². The summed E-state index contributed by atoms with van der Waals surface area (Å²) in [5, 5.41) is 0. The molecule has 1 saturated carbocycles. The Kier molecular flexibility index (Phi) is 5.03. The van der Waals surface area contributed by atoms with E-state index in [1.165, 1.54) is 0 Å². The zero-order valence-electron chi connectivity index (χ0n) is 12.1. The predicted molar refractivity (Wildman–Crippen MR) is 88.4 cm³/mol. The lowest BCUT2D eigenvalue weighted by Crippen LogP contribution is -2.62. The van der Waals surface area contributed by atoms with Gasteiger partial charge in [-0.15, -0.1) is 0 Å². The Hall–Kier alpha value is -0.260. The summed E-state index contributed by atoms with van der Waals surface area (Å²) in [5.41, 5.74) is 6.32. The molecule has 2 unspecified atom stereocenters. The molecule has 0 aliphatic heterocycles. The molecule has 0 aromatic heterocycles. The van der Waals surface area contributed by atoms with Gasteiger partial charge in [0.25, 0.3) is 0 Å². The molecular formula is C15H21Br2NO2. The quantitative estimate of drug-likeness (QED) is 0.782. The SMILES string of the molecule is CCC1(CC)C(N)CC1Oc1cc(Br)c(OC)cc1Br. The fourth-order valence-corrected chi connectivity index (χ4v) is 3.98. The van der Waals surface area contributed by atoms with E-state index in [-0.39, 0.29) is 17.6 Å². The maximum absolute atomic E-state index is 6.22. The van der Waals surface area contributed by atoms with Crippen LogP contribution in [0.2, 0.25) is 0 Å². The Balaban J connectivity index is 2.21. The molecule has 112 valence electrons. The standard InChI is InChI=1S/C15H21Br2NO2/c1-4-15(5-2)13(18)8-14(15)20-12-7-9(16)11(19-3)6-10(12)17/h6-7,13-14H,4-5,8,18H2,1-3H3. The van der Waals surface area contributed by atoms with Crippen molar-refractivity contribution in [1.29, 1.82) is 0 Å². The van der Waals surface area contributed by atoms with Gasteiger partial charge in [-0.1, -0.05) is 13.8 Å². The predicted octanol–water partition coefficient (Wildman–Crippen LogP) is 4.51. The summed E-state index contributed by atoms with van der Waals surface area (Å²) in [6.07, 6.45) is 3.19. The number of hydrogen-bond donors (Lipinski definition) is 1. The molecule has 0 spiro atoms. The summed E-state index contributed by atoms with van der Waals surface area (Å²) in [6.45, 7) is 4.38. The molecule has 1 aliphatic rings. The van der Waals surface area contributed by atoms with Crippen LogP contribution in [0.25, 0.3) is 0 Å². The van der Waals surface area contributed by atoms with Crippen LogP contribution in [-0.2, 0) is 0 Å². The Bertz CT molecular complexity index is 489. The van der Waals surface area contributed by atoms with Gasteiger partial charge >= 0.3 is 0 Å². The van der Waals surface area contributed by atoms with Gasteiger partial charge in [-0.05, 0) is 56.8 Å². The van der Waals surface area contributed by atoms with Gasteiger partial charge in [-0.3, -0.25) is 0 Å². The monoisotopic (exact) mass is 405 g/mol. The van der Waals surface area contributed by atoms with Gasteiger partial charge < -0.3 is 15.2 Å². The highest BCUT2D eigenvalue weighted by Gasteiger charge is 2.52. The molecule has 3 nitrogen and oxygen atoms in total. The Morgan fingerprint density at radius 1 is 1.20 bits per heavy atom. The van der Waals surface area contributed by atoms with Crippen molar-refractivity contribution in [1.82, 2.24) is 0 Å². The number of halogens is 2. The first-order valence-corrected chi connectivity index (χ1v) is 8.52. The van der Waals surface area contributed by atoms with Crippen molar-refractivity contribution in [3.63, 3.8) is 0 Å². The van der Waals surface area contributed by atoms with Gasteiger partial charge in [0.1, 0.15) is 17.6 Å². The molecule has 5 heteroatoms. The first-order valence-electron chi connectivity index (χ1n) is 6.93. The largest absolute Gasteiger partial charge is 0.496 e. The Morgan fingerprint density at radius 2 is 1.75 bits per heavy atom. The lowest BCUT2D eigenvalue weighted by Gasteiger charge is -2.53. The first-order chi connectivity index (χ1) is 9.48. The van der Waals surface area contributed by atoms with Crippen LogP contribution in [0.4, 0.5) is 0 Å². The van der Waals surface area contributed by atoms with E-state index in [4.69, 9.17) is 15.2 Å². The summed E-state index contributed by atoms with van der Waals surface area (Å²) in [5.74, 6) is 1.62. The average molecular weight is 407 g/mol. The van der Waals surface area contributed by atoms with Gasteiger partial charge in [0.15, 0.2) is 0 Å². The van der Waals surface area contributed by atoms with E-state index >= 15 is 0 Å². The molecule has 0 radical (unpaired) electrons. The molecular weight excluding hydrogens is 386 g/mol. The fourth-order valence-electron chi connectivity index (χ4n) is 3.08. The minimum atomic E-state index is 0.103. The normalized spacial score (nSPS) is 24.1. The van der Waals surface area contributed by atoms with Crippen LogP contribution in [0.5, 0.6) is 11.5 Å². The van der Waals surface area contributed by atoms with Crippen molar-refractivity contribution in [3.8, 4) is 11.5 Å². The molecule has 1 aliphatic carbocycles. The third-order valence-electron chi connectivity index (χ3n) is 4.64. The highest BCUT2D eigenvalue weighted by atomic mass is 79.9. The Morgan fingerprint density at radius 3 is 2.25 bits per heavy atom. The highest BCUT2D eigenvalue weighted by molar-refractivity contribution is 9.11. The second-order valence-electron chi connectivity index (χ2n) is 5.31. The number of nitrogens with two attached hydrogens (primary N) is 1. The van der Waals surface area contributed by atoms with E-state index in [1.807, 2.05) is 12.1 Å². The number of hydrogen-bond acceptors (Lipinski definition) is 3. The van der Waals surface area contributed by atoms with E-state index in [2.05, 4.69) is 45.7 Å². The maximum atomic E-state index is 6.22. The molecule has 0 saturated heterocycles. The molecule has 1 aromatic carbocycles. The van der Waals surface area contributed by atoms with Crippen molar-refractivity contribution in [2.45, 2.75) is 45.3 Å². The second-order valence-corrected chi connectivity index (χ2v) is 7.01. The second kappa shape index (κ2) is 6.24. The van der Waals surface area contributed by atoms with Crippen molar-refractivity contribution >= 4 is 31.9 Å². The summed E-state index contributed by atoms with van der Waals surface area (Å²) in [6, 6.07) is 4.10. The number of rotatable bonds is 5. The molecule has 0 amide bonds. The van der Waals surface area contributed by atoms with Crippen molar-refractivity contribution in [2.24, 2.45) is 11.1 Å². The summed E-state index contributed by atoms with van der Waals surface area (Å²) in [4.78, 5) is 0. The van der Waals surface area contributed by atoms with Gasteiger partial charge in [0.2, 0.25) is 0 Å². The molecule has 0 bridgehead atoms. The van der Waals surface area contributed by atoms with Crippen LogP contribution in [0.1, 0.15) is 33.1 Å². The molecule has 1 aromatic rings. The topological polar surface area (TPSA) is 44.5 Å². The summed E-state index contributed by atoms with van der Waals surface area (Å²) < 4.78 is 13.3. The number of benzene rings is 1. The van der Waals surface area contributed by atoms with Crippen molar-refractivity contribution in [2.75, 3.05) is 7.11 Å². The molecule has 2 atom stereocenters. The molecule has 2 N–H and O–H groups in total. The van der Waals surface area contributed by atoms with E-state index in [1.54, 1.807) is 7.11 Å². The first kappa shape index (κ1) is 16.1. The average Bonchev–Trinajstić information content (AvgIpc) is 2.43. The van der Waals surface area contributed by atoms with Crippen LogP contribution in [0.3, 0.4) is 0 Å². The van der Waals surface area contributed by atoms with Gasteiger partial charge in [-0.2, -0.15) is 0 Å². The van der Waals surface area contributed by atoms with E-state index in [0.29, 0.717) is 0 Å². The highest BCUT2D eigenvalue weighted by Crippen LogP contribution is 2.49. The van der Waals surface area contributed by atoms with Crippen LogP contribution in [-0.4, -0.2) is 19.3 Å². The molecule has 20 heavy (non-hydrogen) atoms. The smallest absolute Gasteiger partial charge is 0.135 e. The van der Waals surface area contributed by atoms with Crippen LogP contribution >= 0.6 is 31.9 Å². The minimum absolute atomic E-state index is 0.103. The van der Waals surface area contributed by atoms with Gasteiger partial charge in [0.05, 0.1) is 16.1 Å². The van der Waals surface area contributed by atoms with E-state index in [0.717, 1.165) is 39.7 Å². The third-order valence-corrected chi connectivity index (χ3v) is 5.88. The maximum Gasteiger partial charge on any atom is 0.135 e. The lowest BCUT2D eigenvalue weighted by atomic mass is 9.59. The van der Waals surface area contributed by atoms with E-state index in [9.17, 15) is 0 Å². The number of methoxy groups -OCH3 is 1. The Labute approximate surface area is 137 Å². The summed E-state index contributed by atoms with van der Waals surface area (Å²) >= 11 is 7.04. The number of ether oxygens (including phenoxy) is 2. The summed E-state index contributed by atoms with van der Waals surface area (Å²) in [7, 11) is 1.65. The minimum Gasteiger partial charge on any atom is -0.496 e.